The zero-order valence-electron chi connectivity index (χ0n) is 16.9. The molecule has 1 aliphatic carbocycles. The van der Waals surface area contributed by atoms with E-state index in [-0.39, 0.29) is 62.3 Å². The van der Waals surface area contributed by atoms with Crippen molar-refractivity contribution in [1.29, 1.82) is 0 Å². The van der Waals surface area contributed by atoms with Crippen LogP contribution in [0.5, 0.6) is 0 Å². The number of aliphatic hydroxyl groups is 1. The molecule has 11 nitrogen and oxygen atoms in total. The number of fused-ring (bicyclic) bond motifs is 4. The number of carbonyl (C=O) groups excluding carboxylic acids is 3. The number of nitrogens with two attached hydrogens (primary N) is 1. The number of primary amides is 1. The molecule has 3 heterocycles. The third-order valence-corrected chi connectivity index (χ3v) is 6.32. The Morgan fingerprint density at radius 2 is 2.13 bits per heavy atom. The summed E-state index contributed by atoms with van der Waals surface area (Å²) in [5.74, 6) is -1.82. The lowest BCUT2D eigenvalue weighted by molar-refractivity contribution is -0.138. The minimum Gasteiger partial charge on any atom is -0.447 e. The van der Waals surface area contributed by atoms with Gasteiger partial charge in [0.05, 0.1) is 55.7 Å². The molecule has 4 aliphatic rings. The number of hydrogen-bond acceptors (Lipinski definition) is 10. The number of methoxy groups -OCH3 is 1. The average Bonchev–Trinajstić information content (AvgIpc) is 3.33. The van der Waals surface area contributed by atoms with Crippen LogP contribution in [0.15, 0.2) is 16.3 Å². The number of piperazine rings is 1. The van der Waals surface area contributed by atoms with Crippen molar-refractivity contribution in [2.24, 2.45) is 22.6 Å². The highest BCUT2D eigenvalue weighted by atomic mass is 16.6. The molecule has 0 aromatic carbocycles. The highest BCUT2D eigenvalue weighted by Gasteiger charge is 2.72. The highest BCUT2D eigenvalue weighted by molar-refractivity contribution is 6.53. The first-order valence-electron chi connectivity index (χ1n) is 9.95. The van der Waals surface area contributed by atoms with Gasteiger partial charge in [-0.05, 0) is 6.92 Å². The van der Waals surface area contributed by atoms with Crippen molar-refractivity contribution in [3.8, 4) is 0 Å². The summed E-state index contributed by atoms with van der Waals surface area (Å²) in [5.41, 5.74) is 4.76. The van der Waals surface area contributed by atoms with Crippen LogP contribution in [0, 0.1) is 11.8 Å². The van der Waals surface area contributed by atoms with Crippen LogP contribution in [0.2, 0.25) is 0 Å². The molecule has 2 saturated heterocycles. The van der Waals surface area contributed by atoms with E-state index >= 15 is 0 Å². The Morgan fingerprint density at radius 1 is 1.37 bits per heavy atom. The Hall–Kier alpha value is -2.34. The number of carbonyl (C=O) groups is 3. The topological polar surface area (TPSA) is 163 Å². The zero-order chi connectivity index (χ0) is 21.6. The molecule has 4 rings (SSSR count). The van der Waals surface area contributed by atoms with Gasteiger partial charge < -0.3 is 35.3 Å². The number of Topliss-reactive ketones (excluding diaryl/α,β-unsaturated/α-hetero) is 2. The number of hydrogen-bond donors (Lipinski definition) is 3. The molecule has 0 aromatic heterocycles. The number of allylic oxidation sites excluding steroid dienone is 1. The molecule has 5 atom stereocenters. The van der Waals surface area contributed by atoms with E-state index in [4.69, 9.17) is 15.2 Å². The first-order chi connectivity index (χ1) is 14.4. The summed E-state index contributed by atoms with van der Waals surface area (Å²) in [6.45, 7) is 2.47. The fraction of sp³-hybridized carbons (Fsp3) is 0.684. The molecule has 11 heteroatoms. The predicted octanol–water partition coefficient (Wildman–Crippen LogP) is -1.80. The number of nitrogens with zero attached hydrogens (tertiary/aromatic N) is 2. The van der Waals surface area contributed by atoms with E-state index in [0.29, 0.717) is 17.8 Å². The van der Waals surface area contributed by atoms with Gasteiger partial charge in [0.25, 0.3) is 0 Å². The van der Waals surface area contributed by atoms with E-state index in [2.05, 4.69) is 15.0 Å². The number of rotatable bonds is 8. The summed E-state index contributed by atoms with van der Waals surface area (Å²) >= 11 is 0. The quantitative estimate of drug-likeness (QED) is 0.302. The summed E-state index contributed by atoms with van der Waals surface area (Å²) in [6.07, 6.45) is -0.875. The molecule has 5 unspecified atom stereocenters. The summed E-state index contributed by atoms with van der Waals surface area (Å²) in [5, 5.41) is 13.4. The van der Waals surface area contributed by atoms with E-state index in [0.717, 1.165) is 0 Å². The van der Waals surface area contributed by atoms with Crippen molar-refractivity contribution in [2.45, 2.75) is 24.7 Å². The summed E-state index contributed by atoms with van der Waals surface area (Å²) in [7, 11) is 1.54. The van der Waals surface area contributed by atoms with E-state index in [1.54, 1.807) is 14.0 Å². The van der Waals surface area contributed by atoms with E-state index in [9.17, 15) is 19.5 Å². The van der Waals surface area contributed by atoms with Crippen LogP contribution in [-0.2, 0) is 23.8 Å². The van der Waals surface area contributed by atoms with Crippen molar-refractivity contribution < 1.29 is 33.7 Å². The minimum absolute atomic E-state index is 0.0271. The summed E-state index contributed by atoms with van der Waals surface area (Å²) in [6, 6.07) is 0.162. The van der Waals surface area contributed by atoms with Gasteiger partial charge in [-0.25, -0.2) is 4.79 Å². The Balaban J connectivity index is 1.51. The van der Waals surface area contributed by atoms with Crippen LogP contribution in [-0.4, -0.2) is 97.8 Å². The monoisotopic (exact) mass is 422 g/mol. The molecule has 1 amide bonds. The van der Waals surface area contributed by atoms with Crippen molar-refractivity contribution in [3.63, 3.8) is 0 Å². The second-order valence-corrected chi connectivity index (χ2v) is 7.78. The van der Waals surface area contributed by atoms with Crippen molar-refractivity contribution in [2.75, 3.05) is 46.6 Å². The van der Waals surface area contributed by atoms with Gasteiger partial charge in [0.15, 0.2) is 11.5 Å². The Bertz CT molecular complexity index is 841. The molecule has 164 valence electrons. The Labute approximate surface area is 173 Å². The third-order valence-electron chi connectivity index (χ3n) is 6.32. The fourth-order valence-corrected chi connectivity index (χ4v) is 4.98. The fourth-order valence-electron chi connectivity index (χ4n) is 4.98. The number of nitrogens with one attached hydrogen (secondary N) is 1. The van der Waals surface area contributed by atoms with E-state index < -0.39 is 23.7 Å². The van der Waals surface area contributed by atoms with Gasteiger partial charge in [0, 0.05) is 25.3 Å². The predicted molar refractivity (Wildman–Crippen MR) is 103 cm³/mol. The number of ketones is 2. The number of ether oxygens (including phenoxy) is 3. The molecular formula is C19H26N4O7. The number of amides is 1. The lowest BCUT2D eigenvalue weighted by atomic mass is 9.78. The maximum absolute atomic E-state index is 13.3. The van der Waals surface area contributed by atoms with Gasteiger partial charge in [-0.15, -0.1) is 0 Å². The molecule has 4 N–H and O–H groups in total. The van der Waals surface area contributed by atoms with Crippen molar-refractivity contribution >= 4 is 23.4 Å². The number of aliphatic hydroxyl groups excluding tert-OH is 1. The second kappa shape index (κ2) is 7.73. The lowest BCUT2D eigenvalue weighted by Crippen LogP contribution is -2.54. The van der Waals surface area contributed by atoms with Gasteiger partial charge in [-0.2, -0.15) is 0 Å². The van der Waals surface area contributed by atoms with Gasteiger partial charge in [-0.3, -0.25) is 14.6 Å². The maximum Gasteiger partial charge on any atom is 0.404 e. The smallest absolute Gasteiger partial charge is 0.404 e. The van der Waals surface area contributed by atoms with Crippen LogP contribution in [0.3, 0.4) is 0 Å². The van der Waals surface area contributed by atoms with Crippen molar-refractivity contribution in [1.82, 2.24) is 10.2 Å². The van der Waals surface area contributed by atoms with Crippen LogP contribution in [0.25, 0.3) is 0 Å². The maximum atomic E-state index is 13.3. The molecule has 0 saturated carbocycles. The molecule has 0 bridgehead atoms. The average molecular weight is 422 g/mol. The first-order valence-corrected chi connectivity index (χ1v) is 9.95. The van der Waals surface area contributed by atoms with Gasteiger partial charge in [0.1, 0.15) is 6.61 Å². The number of aliphatic imine (C=N–C) groups is 1. The van der Waals surface area contributed by atoms with Crippen LogP contribution >= 0.6 is 0 Å². The second-order valence-electron chi connectivity index (χ2n) is 7.78. The molecule has 0 spiro atoms. The van der Waals surface area contributed by atoms with Crippen LogP contribution in [0.4, 0.5) is 4.79 Å². The first kappa shape index (κ1) is 20.9. The van der Waals surface area contributed by atoms with E-state index in [1.807, 2.05) is 4.90 Å². The third kappa shape index (κ3) is 2.96. The Kier molecular flexibility index (Phi) is 5.39. The normalized spacial score (nSPS) is 35.6. The van der Waals surface area contributed by atoms with Gasteiger partial charge in [0.2, 0.25) is 5.78 Å². The molecule has 30 heavy (non-hydrogen) atoms. The van der Waals surface area contributed by atoms with Crippen LogP contribution in [0.1, 0.15) is 6.92 Å². The summed E-state index contributed by atoms with van der Waals surface area (Å²) < 4.78 is 15.7. The lowest BCUT2D eigenvalue weighted by Gasteiger charge is -2.39. The van der Waals surface area contributed by atoms with E-state index in [1.165, 1.54) is 0 Å². The molecule has 0 aromatic rings. The summed E-state index contributed by atoms with van der Waals surface area (Å²) in [4.78, 5) is 43.2. The Morgan fingerprint density at radius 3 is 2.80 bits per heavy atom. The van der Waals surface area contributed by atoms with Crippen LogP contribution < -0.4 is 11.1 Å². The van der Waals surface area contributed by atoms with Gasteiger partial charge in [-0.1, -0.05) is 0 Å². The standard InChI is InChI=1S/C19H26N4O7/c1-9-13(21-3-4-29-5-6-30-18(20)27)16(26)12-10(8-24)19(28-2)17-11(22-17)7-23(19)14(12)15(9)25/h9-11,17,22,24H,3-8H2,1-2H3,(H2,20,27). The minimum atomic E-state index is -0.923. The molecule has 3 aliphatic heterocycles. The zero-order valence-corrected chi connectivity index (χ0v) is 16.9. The molecule has 0 radical (unpaired) electrons. The largest absolute Gasteiger partial charge is 0.447 e. The SMILES string of the molecule is COC12C(CO)C3=C(C(=O)C(C)C(=NCCOCCOC(N)=O)C3=O)N1CC1NC12. The molecular weight excluding hydrogens is 396 g/mol. The van der Waals surface area contributed by atoms with Gasteiger partial charge >= 0.3 is 6.09 Å². The highest BCUT2D eigenvalue weighted by Crippen LogP contribution is 2.55. The molecule has 2 fully saturated rings. The van der Waals surface area contributed by atoms with Crippen molar-refractivity contribution in [3.05, 3.63) is 11.3 Å².